The zero-order valence-electron chi connectivity index (χ0n) is 10.4. The van der Waals surface area contributed by atoms with Crippen molar-refractivity contribution in [1.29, 1.82) is 0 Å². The fourth-order valence-electron chi connectivity index (χ4n) is 1.28. The largest absolute Gasteiger partial charge is 0.443 e. The van der Waals surface area contributed by atoms with E-state index in [0.29, 0.717) is 11.4 Å². The van der Waals surface area contributed by atoms with Gasteiger partial charge in [-0.25, -0.2) is 14.3 Å². The molecule has 0 aliphatic rings. The van der Waals surface area contributed by atoms with Crippen molar-refractivity contribution in [3.05, 3.63) is 18.6 Å². The van der Waals surface area contributed by atoms with Crippen molar-refractivity contribution in [3.63, 3.8) is 0 Å². The minimum absolute atomic E-state index is 0.191. The van der Waals surface area contributed by atoms with Crippen LogP contribution in [0, 0.1) is 0 Å². The maximum absolute atomic E-state index is 11.7. The van der Waals surface area contributed by atoms with E-state index in [4.69, 9.17) is 15.0 Å². The minimum Gasteiger partial charge on any atom is -0.443 e. The Bertz CT molecular complexity index is 565. The number of carbonyl (C=O) groups is 1. The molecule has 96 valence electrons. The molecule has 0 aliphatic heterocycles. The Morgan fingerprint density at radius 3 is 2.72 bits per heavy atom. The van der Waals surface area contributed by atoms with E-state index in [9.17, 15) is 4.79 Å². The molecule has 0 aliphatic carbocycles. The van der Waals surface area contributed by atoms with Gasteiger partial charge in [0.05, 0.1) is 0 Å². The molecule has 18 heavy (non-hydrogen) atoms. The zero-order valence-corrected chi connectivity index (χ0v) is 10.4. The first kappa shape index (κ1) is 12.2. The second-order valence-corrected chi connectivity index (χ2v) is 4.76. The molecule has 0 amide bonds. The van der Waals surface area contributed by atoms with E-state index in [0.717, 1.165) is 0 Å². The van der Waals surface area contributed by atoms with Crippen molar-refractivity contribution in [3.8, 4) is 11.4 Å². The van der Waals surface area contributed by atoms with Crippen molar-refractivity contribution >= 4 is 12.0 Å². The van der Waals surface area contributed by atoms with E-state index in [1.54, 1.807) is 20.8 Å². The Morgan fingerprint density at radius 2 is 2.17 bits per heavy atom. The van der Waals surface area contributed by atoms with E-state index >= 15 is 0 Å². The Hall–Kier alpha value is -2.31. The van der Waals surface area contributed by atoms with Gasteiger partial charge in [-0.15, -0.1) is 0 Å². The summed E-state index contributed by atoms with van der Waals surface area (Å²) < 4.78 is 11.2. The van der Waals surface area contributed by atoms with Crippen molar-refractivity contribution in [1.82, 2.24) is 14.7 Å². The van der Waals surface area contributed by atoms with Crippen LogP contribution < -0.4 is 5.73 Å². The highest BCUT2D eigenvalue weighted by Gasteiger charge is 2.18. The van der Waals surface area contributed by atoms with Gasteiger partial charge in [0.1, 0.15) is 23.3 Å². The summed E-state index contributed by atoms with van der Waals surface area (Å²) in [4.78, 5) is 15.8. The molecule has 0 atom stereocenters. The topological polar surface area (TPSA) is 96.2 Å². The Labute approximate surface area is 104 Å². The SMILES string of the molecule is CC(C)(C)OC(=O)n1cnc(-c2cc(N)on2)c1. The molecule has 0 fully saturated rings. The van der Waals surface area contributed by atoms with Gasteiger partial charge in [-0.3, -0.25) is 0 Å². The lowest BCUT2D eigenvalue weighted by Gasteiger charge is -2.18. The van der Waals surface area contributed by atoms with Crippen molar-refractivity contribution < 1.29 is 14.1 Å². The first-order chi connectivity index (χ1) is 8.35. The molecule has 2 rings (SSSR count). The standard InChI is InChI=1S/C11H14N4O3/c1-11(2,3)17-10(16)15-5-8(13-6-15)7-4-9(12)18-14-7/h4-6H,12H2,1-3H3. The number of imidazole rings is 1. The summed E-state index contributed by atoms with van der Waals surface area (Å²) in [6.45, 7) is 5.38. The first-order valence-corrected chi connectivity index (χ1v) is 5.35. The van der Waals surface area contributed by atoms with Crippen LogP contribution in [0.2, 0.25) is 0 Å². The first-order valence-electron chi connectivity index (χ1n) is 5.35. The van der Waals surface area contributed by atoms with Crippen molar-refractivity contribution in [2.45, 2.75) is 26.4 Å². The van der Waals surface area contributed by atoms with Crippen LogP contribution >= 0.6 is 0 Å². The van der Waals surface area contributed by atoms with Gasteiger partial charge in [0, 0.05) is 12.3 Å². The average molecular weight is 250 g/mol. The molecule has 2 aromatic heterocycles. The molecule has 2 N–H and O–H groups in total. The molecule has 0 spiro atoms. The van der Waals surface area contributed by atoms with Crippen LogP contribution in [-0.4, -0.2) is 26.4 Å². The van der Waals surface area contributed by atoms with Gasteiger partial charge < -0.3 is 15.0 Å². The summed E-state index contributed by atoms with van der Waals surface area (Å²) >= 11 is 0. The predicted molar refractivity (Wildman–Crippen MR) is 63.8 cm³/mol. The molecule has 0 bridgehead atoms. The van der Waals surface area contributed by atoms with Crippen LogP contribution in [0.25, 0.3) is 11.4 Å². The molecule has 0 unspecified atom stereocenters. The third kappa shape index (κ3) is 2.68. The molecule has 2 heterocycles. The number of nitrogens with two attached hydrogens (primary N) is 1. The van der Waals surface area contributed by atoms with Crippen LogP contribution in [0.1, 0.15) is 20.8 Å². The zero-order chi connectivity index (χ0) is 13.3. The van der Waals surface area contributed by atoms with E-state index in [2.05, 4.69) is 10.1 Å². The predicted octanol–water partition coefficient (Wildman–Crippen LogP) is 1.90. The van der Waals surface area contributed by atoms with Gasteiger partial charge in [0.15, 0.2) is 0 Å². The van der Waals surface area contributed by atoms with Gasteiger partial charge in [0.2, 0.25) is 5.88 Å². The Morgan fingerprint density at radius 1 is 1.44 bits per heavy atom. The molecular formula is C11H14N4O3. The number of hydrogen-bond donors (Lipinski definition) is 1. The van der Waals surface area contributed by atoms with Gasteiger partial charge >= 0.3 is 6.09 Å². The van der Waals surface area contributed by atoms with Crippen molar-refractivity contribution in [2.75, 3.05) is 5.73 Å². The third-order valence-corrected chi connectivity index (χ3v) is 1.98. The molecule has 2 aromatic rings. The average Bonchev–Trinajstić information content (AvgIpc) is 2.82. The fourth-order valence-corrected chi connectivity index (χ4v) is 1.28. The van der Waals surface area contributed by atoms with Crippen LogP contribution in [0.3, 0.4) is 0 Å². The lowest BCUT2D eigenvalue weighted by Crippen LogP contribution is -2.26. The van der Waals surface area contributed by atoms with E-state index in [-0.39, 0.29) is 5.88 Å². The van der Waals surface area contributed by atoms with Gasteiger partial charge in [0.25, 0.3) is 0 Å². The van der Waals surface area contributed by atoms with E-state index in [1.165, 1.54) is 23.2 Å². The highest BCUT2D eigenvalue weighted by molar-refractivity contribution is 5.72. The number of ether oxygens (including phenoxy) is 1. The molecule has 7 heteroatoms. The molecule has 7 nitrogen and oxygen atoms in total. The summed E-state index contributed by atoms with van der Waals surface area (Å²) in [5.74, 6) is 0.191. The summed E-state index contributed by atoms with van der Waals surface area (Å²) in [6.07, 6.45) is 2.36. The van der Waals surface area contributed by atoms with Crippen LogP contribution in [0.15, 0.2) is 23.1 Å². The second kappa shape index (κ2) is 4.17. The van der Waals surface area contributed by atoms with Crippen molar-refractivity contribution in [2.24, 2.45) is 0 Å². The Balaban J connectivity index is 2.18. The highest BCUT2D eigenvalue weighted by Crippen LogP contribution is 2.18. The van der Waals surface area contributed by atoms with Gasteiger partial charge in [-0.1, -0.05) is 5.16 Å². The second-order valence-electron chi connectivity index (χ2n) is 4.76. The van der Waals surface area contributed by atoms with Gasteiger partial charge in [-0.05, 0) is 20.8 Å². The quantitative estimate of drug-likeness (QED) is 0.830. The maximum atomic E-state index is 11.7. The third-order valence-electron chi connectivity index (χ3n) is 1.98. The molecule has 0 saturated carbocycles. The van der Waals surface area contributed by atoms with Crippen LogP contribution in [0.5, 0.6) is 0 Å². The molecule has 0 saturated heterocycles. The number of nitrogens with zero attached hydrogens (tertiary/aromatic N) is 3. The number of aromatic nitrogens is 3. The molecule has 0 aromatic carbocycles. The minimum atomic E-state index is -0.556. The van der Waals surface area contributed by atoms with E-state index in [1.807, 2.05) is 0 Å². The highest BCUT2D eigenvalue weighted by atomic mass is 16.6. The van der Waals surface area contributed by atoms with Gasteiger partial charge in [-0.2, -0.15) is 0 Å². The summed E-state index contributed by atoms with van der Waals surface area (Å²) in [6, 6.07) is 1.53. The monoisotopic (exact) mass is 250 g/mol. The molecular weight excluding hydrogens is 236 g/mol. The molecule has 0 radical (unpaired) electrons. The fraction of sp³-hybridized carbons (Fsp3) is 0.364. The van der Waals surface area contributed by atoms with Crippen LogP contribution in [-0.2, 0) is 4.74 Å². The lowest BCUT2D eigenvalue weighted by molar-refractivity contribution is 0.0536. The number of rotatable bonds is 1. The number of carbonyl (C=O) groups excluding carboxylic acids is 1. The summed E-state index contributed by atoms with van der Waals surface area (Å²) in [7, 11) is 0. The van der Waals surface area contributed by atoms with E-state index < -0.39 is 11.7 Å². The maximum Gasteiger partial charge on any atom is 0.419 e. The smallest absolute Gasteiger partial charge is 0.419 e. The lowest BCUT2D eigenvalue weighted by atomic mass is 10.2. The number of hydrogen-bond acceptors (Lipinski definition) is 6. The van der Waals surface area contributed by atoms with Crippen LogP contribution in [0.4, 0.5) is 10.7 Å². The Kier molecular flexibility index (Phi) is 2.82. The summed E-state index contributed by atoms with van der Waals surface area (Å²) in [5.41, 5.74) is 5.81. The normalized spacial score (nSPS) is 11.5. The number of nitrogen functional groups attached to an aromatic ring is 1. The number of anilines is 1. The summed E-state index contributed by atoms with van der Waals surface area (Å²) in [5, 5.41) is 3.71.